The normalized spacial score (nSPS) is 21.9. The van der Waals surface area contributed by atoms with Gasteiger partial charge in [0, 0.05) is 37.3 Å². The molecule has 1 aliphatic carbocycles. The van der Waals surface area contributed by atoms with Crippen LogP contribution in [0.1, 0.15) is 47.0 Å². The second-order valence-electron chi connectivity index (χ2n) is 7.38. The molecule has 9 nitrogen and oxygen atoms in total. The molecule has 150 valence electrons. The molecular formula is C19H26N6O3. The number of hydrogen-bond donors (Lipinski definition) is 3. The molecule has 3 N–H and O–H groups in total. The van der Waals surface area contributed by atoms with Crippen molar-refractivity contribution >= 4 is 11.8 Å². The molecule has 28 heavy (non-hydrogen) atoms. The molecule has 0 spiro atoms. The minimum absolute atomic E-state index is 0.0233. The Morgan fingerprint density at radius 3 is 2.54 bits per heavy atom. The van der Waals surface area contributed by atoms with Crippen LogP contribution in [0.5, 0.6) is 0 Å². The van der Waals surface area contributed by atoms with Gasteiger partial charge in [-0.1, -0.05) is 0 Å². The number of rotatable bonds is 5. The lowest BCUT2D eigenvalue weighted by Gasteiger charge is -2.34. The van der Waals surface area contributed by atoms with Crippen molar-refractivity contribution in [1.29, 1.82) is 0 Å². The summed E-state index contributed by atoms with van der Waals surface area (Å²) in [5, 5.41) is 13.3. The number of aromatic nitrogens is 4. The number of nitrogens with one attached hydrogen (secondary N) is 2. The van der Waals surface area contributed by atoms with Crippen molar-refractivity contribution in [3.05, 3.63) is 41.5 Å². The molecular weight excluding hydrogens is 360 g/mol. The Kier molecular flexibility index (Phi) is 6.03. The van der Waals surface area contributed by atoms with E-state index >= 15 is 0 Å². The number of carbonyl (C=O) groups excluding carboxylic acids is 2. The Labute approximate surface area is 163 Å². The maximum atomic E-state index is 12.7. The van der Waals surface area contributed by atoms with Gasteiger partial charge in [0.1, 0.15) is 11.6 Å². The molecule has 0 unspecified atom stereocenters. The van der Waals surface area contributed by atoms with Crippen LogP contribution in [0.2, 0.25) is 0 Å². The molecule has 9 heteroatoms. The van der Waals surface area contributed by atoms with Crippen LogP contribution in [0.15, 0.2) is 18.6 Å². The highest BCUT2D eigenvalue weighted by molar-refractivity contribution is 5.93. The Hall–Kier alpha value is -2.81. The first-order valence-electron chi connectivity index (χ1n) is 9.36. The van der Waals surface area contributed by atoms with Gasteiger partial charge in [-0.25, -0.2) is 15.0 Å². The fourth-order valence-electron chi connectivity index (χ4n) is 3.46. The maximum Gasteiger partial charge on any atom is 0.254 e. The number of aliphatic hydroxyl groups excluding tert-OH is 1. The molecule has 0 saturated heterocycles. The Balaban J connectivity index is 1.53. The number of imidazole rings is 1. The lowest BCUT2D eigenvalue weighted by molar-refractivity contribution is -0.137. The largest absolute Gasteiger partial charge is 0.391 e. The van der Waals surface area contributed by atoms with Crippen molar-refractivity contribution in [3.63, 3.8) is 0 Å². The van der Waals surface area contributed by atoms with Crippen LogP contribution in [0.4, 0.5) is 0 Å². The van der Waals surface area contributed by atoms with Gasteiger partial charge >= 0.3 is 0 Å². The van der Waals surface area contributed by atoms with Gasteiger partial charge in [0.25, 0.3) is 5.91 Å². The van der Waals surface area contributed by atoms with Crippen molar-refractivity contribution in [2.24, 2.45) is 5.92 Å². The van der Waals surface area contributed by atoms with Crippen molar-refractivity contribution in [1.82, 2.24) is 30.2 Å². The van der Waals surface area contributed by atoms with E-state index in [-0.39, 0.29) is 17.7 Å². The van der Waals surface area contributed by atoms with Crippen LogP contribution in [0.3, 0.4) is 0 Å². The van der Waals surface area contributed by atoms with E-state index in [1.165, 1.54) is 12.4 Å². The highest BCUT2D eigenvalue weighted by atomic mass is 16.3. The SMILES string of the molecule is Cc1ncc(C(=O)N[C@@H]2CC[C@H](C(=O)N(C)Cc3ncc(C)[nH]3)C[C@H]2O)cn1. The molecule has 0 radical (unpaired) electrons. The molecule has 1 aliphatic rings. The van der Waals surface area contributed by atoms with E-state index in [9.17, 15) is 14.7 Å². The number of carbonyl (C=O) groups is 2. The quantitative estimate of drug-likeness (QED) is 0.696. The summed E-state index contributed by atoms with van der Waals surface area (Å²) in [5.41, 5.74) is 1.30. The van der Waals surface area contributed by atoms with Crippen LogP contribution >= 0.6 is 0 Å². The average molecular weight is 386 g/mol. The van der Waals surface area contributed by atoms with E-state index in [1.807, 2.05) is 6.92 Å². The summed E-state index contributed by atoms with van der Waals surface area (Å²) in [7, 11) is 1.73. The summed E-state index contributed by atoms with van der Waals surface area (Å²) in [5.74, 6) is 0.704. The molecule has 1 saturated carbocycles. The number of aliphatic hydroxyl groups is 1. The van der Waals surface area contributed by atoms with Gasteiger partial charge in [0.05, 0.1) is 24.3 Å². The van der Waals surface area contributed by atoms with E-state index in [2.05, 4.69) is 25.3 Å². The predicted molar refractivity (Wildman–Crippen MR) is 101 cm³/mol. The third-order valence-electron chi connectivity index (χ3n) is 5.04. The summed E-state index contributed by atoms with van der Waals surface area (Å²) in [6, 6.07) is -0.393. The van der Waals surface area contributed by atoms with Crippen molar-refractivity contribution in [2.75, 3.05) is 7.05 Å². The zero-order chi connectivity index (χ0) is 20.3. The number of hydrogen-bond acceptors (Lipinski definition) is 6. The number of amides is 2. The smallest absolute Gasteiger partial charge is 0.254 e. The summed E-state index contributed by atoms with van der Waals surface area (Å²) in [4.78, 5) is 42.0. The monoisotopic (exact) mass is 386 g/mol. The van der Waals surface area contributed by atoms with Gasteiger partial charge in [-0.15, -0.1) is 0 Å². The molecule has 2 amide bonds. The molecule has 2 heterocycles. The molecule has 1 fully saturated rings. The van der Waals surface area contributed by atoms with E-state index in [0.717, 1.165) is 11.5 Å². The molecule has 0 aliphatic heterocycles. The summed E-state index contributed by atoms with van der Waals surface area (Å²) in [6.45, 7) is 4.05. The fourth-order valence-corrected chi connectivity index (χ4v) is 3.46. The molecule has 0 aromatic carbocycles. The Morgan fingerprint density at radius 1 is 1.21 bits per heavy atom. The molecule has 3 atom stereocenters. The van der Waals surface area contributed by atoms with Gasteiger partial charge in [0.2, 0.25) is 5.91 Å². The number of H-pyrrole nitrogens is 1. The predicted octanol–water partition coefficient (Wildman–Crippen LogP) is 0.735. The van der Waals surface area contributed by atoms with Crippen molar-refractivity contribution < 1.29 is 14.7 Å². The topological polar surface area (TPSA) is 124 Å². The van der Waals surface area contributed by atoms with E-state index in [1.54, 1.807) is 25.1 Å². The van der Waals surface area contributed by atoms with E-state index in [4.69, 9.17) is 0 Å². The highest BCUT2D eigenvalue weighted by Gasteiger charge is 2.35. The average Bonchev–Trinajstić information content (AvgIpc) is 3.07. The van der Waals surface area contributed by atoms with E-state index < -0.39 is 12.1 Å². The van der Waals surface area contributed by atoms with Gasteiger partial charge in [-0.05, 0) is 33.1 Å². The van der Waals surface area contributed by atoms with Gasteiger partial charge in [-0.3, -0.25) is 9.59 Å². The highest BCUT2D eigenvalue weighted by Crippen LogP contribution is 2.27. The second-order valence-corrected chi connectivity index (χ2v) is 7.38. The van der Waals surface area contributed by atoms with E-state index in [0.29, 0.717) is 37.2 Å². The minimum atomic E-state index is -0.780. The number of nitrogens with zero attached hydrogens (tertiary/aromatic N) is 4. The number of aromatic amines is 1. The molecule has 2 aromatic rings. The first-order chi connectivity index (χ1) is 13.3. The maximum absolute atomic E-state index is 12.7. The Morgan fingerprint density at radius 2 is 1.93 bits per heavy atom. The summed E-state index contributed by atoms with van der Waals surface area (Å²) < 4.78 is 0. The van der Waals surface area contributed by atoms with Gasteiger partial charge < -0.3 is 20.3 Å². The first kappa shape index (κ1) is 19.9. The fraction of sp³-hybridized carbons (Fsp3) is 0.526. The van der Waals surface area contributed by atoms with Gasteiger partial charge in [-0.2, -0.15) is 0 Å². The lowest BCUT2D eigenvalue weighted by atomic mass is 9.83. The van der Waals surface area contributed by atoms with Crippen molar-refractivity contribution in [2.45, 2.75) is 51.8 Å². The third-order valence-corrected chi connectivity index (χ3v) is 5.04. The van der Waals surface area contributed by atoms with Gasteiger partial charge in [0.15, 0.2) is 0 Å². The van der Waals surface area contributed by atoms with Crippen LogP contribution in [0.25, 0.3) is 0 Å². The second kappa shape index (κ2) is 8.47. The standard InChI is InChI=1S/C19H26N6O3/c1-11-7-22-17(23-11)10-25(3)19(28)13-4-5-15(16(26)6-13)24-18(27)14-8-20-12(2)21-9-14/h7-9,13,15-16,26H,4-6,10H2,1-3H3,(H,22,23)(H,24,27)/t13-,15+,16+/m0/s1. The van der Waals surface area contributed by atoms with Crippen LogP contribution in [-0.4, -0.2) is 61.0 Å². The van der Waals surface area contributed by atoms with Crippen LogP contribution in [0, 0.1) is 19.8 Å². The number of aryl methyl sites for hydroxylation is 2. The minimum Gasteiger partial charge on any atom is -0.391 e. The third kappa shape index (κ3) is 4.72. The summed E-state index contributed by atoms with van der Waals surface area (Å²) >= 11 is 0. The molecule has 0 bridgehead atoms. The molecule has 3 rings (SSSR count). The van der Waals surface area contributed by atoms with Crippen LogP contribution in [-0.2, 0) is 11.3 Å². The van der Waals surface area contributed by atoms with Crippen molar-refractivity contribution in [3.8, 4) is 0 Å². The Bertz CT molecular complexity index is 834. The molecule has 2 aromatic heterocycles. The van der Waals surface area contributed by atoms with Crippen LogP contribution < -0.4 is 5.32 Å². The first-order valence-corrected chi connectivity index (χ1v) is 9.36. The summed E-state index contributed by atoms with van der Waals surface area (Å²) in [6.07, 6.45) is 5.32. The zero-order valence-electron chi connectivity index (χ0n) is 16.3. The lowest BCUT2D eigenvalue weighted by Crippen LogP contribution is -2.49. The zero-order valence-corrected chi connectivity index (χ0v) is 16.3.